The van der Waals surface area contributed by atoms with Gasteiger partial charge in [-0.05, 0) is 37.1 Å². The third-order valence-electron chi connectivity index (χ3n) is 3.06. The summed E-state index contributed by atoms with van der Waals surface area (Å²) in [6.45, 7) is 7.08. The average molecular weight is 283 g/mol. The van der Waals surface area contributed by atoms with Crippen LogP contribution >= 0.6 is 0 Å². The second kappa shape index (κ2) is 7.11. The minimum atomic E-state index is -1.44. The minimum Gasteiger partial charge on any atom is -0.479 e. The van der Waals surface area contributed by atoms with Crippen molar-refractivity contribution >= 4 is 11.9 Å². The number of terminal acetylenes is 1. The van der Waals surface area contributed by atoms with E-state index in [-0.39, 0.29) is 12.8 Å². The number of hydrogen-bond donors (Lipinski definition) is 2. The van der Waals surface area contributed by atoms with Crippen molar-refractivity contribution in [3.63, 3.8) is 0 Å². The van der Waals surface area contributed by atoms with Crippen LogP contribution in [0.1, 0.15) is 28.8 Å². The summed E-state index contributed by atoms with van der Waals surface area (Å²) in [4.78, 5) is 23.8. The molecule has 0 atom stereocenters. The molecule has 0 saturated heterocycles. The van der Waals surface area contributed by atoms with Crippen LogP contribution in [0.25, 0.3) is 0 Å². The van der Waals surface area contributed by atoms with Crippen LogP contribution in [0.15, 0.2) is 49.6 Å². The van der Waals surface area contributed by atoms with E-state index in [9.17, 15) is 14.7 Å². The Bertz CT molecular complexity index is 583. The van der Waals surface area contributed by atoms with E-state index < -0.39 is 17.4 Å². The van der Waals surface area contributed by atoms with Gasteiger partial charge in [-0.2, -0.15) is 0 Å². The molecule has 0 aliphatic carbocycles. The van der Waals surface area contributed by atoms with E-state index in [2.05, 4.69) is 24.4 Å². The lowest BCUT2D eigenvalue weighted by Gasteiger charge is -2.28. The molecule has 0 heterocycles. The first-order valence-electron chi connectivity index (χ1n) is 6.33. The summed E-state index contributed by atoms with van der Waals surface area (Å²) >= 11 is 0. The zero-order valence-corrected chi connectivity index (χ0v) is 11.6. The maximum absolute atomic E-state index is 12.2. The van der Waals surface area contributed by atoms with Gasteiger partial charge in [-0.25, -0.2) is 4.79 Å². The highest BCUT2D eigenvalue weighted by atomic mass is 16.4. The third kappa shape index (κ3) is 3.83. The van der Waals surface area contributed by atoms with Crippen molar-refractivity contribution in [2.75, 3.05) is 0 Å². The Hall–Kier alpha value is -2.80. The predicted octanol–water partition coefficient (Wildman–Crippen LogP) is 2.37. The fourth-order valence-electron chi connectivity index (χ4n) is 1.91. The van der Waals surface area contributed by atoms with Crippen molar-refractivity contribution in [2.45, 2.75) is 18.4 Å². The summed E-state index contributed by atoms with van der Waals surface area (Å²) in [6.07, 6.45) is 8.36. The molecule has 0 unspecified atom stereocenters. The van der Waals surface area contributed by atoms with E-state index in [1.165, 1.54) is 12.2 Å². The number of carboxylic acids is 1. The molecule has 1 amide bonds. The van der Waals surface area contributed by atoms with Crippen molar-refractivity contribution in [3.8, 4) is 12.3 Å². The van der Waals surface area contributed by atoms with Gasteiger partial charge in [0.25, 0.3) is 5.91 Å². The SMILES string of the molecule is C#Cc1ccc(C(=O)NC(CC=C)(CC=C)C(=O)O)cc1. The molecule has 1 rings (SSSR count). The highest BCUT2D eigenvalue weighted by Gasteiger charge is 2.37. The zero-order valence-electron chi connectivity index (χ0n) is 11.6. The summed E-state index contributed by atoms with van der Waals surface area (Å²) in [5.41, 5.74) is -0.452. The van der Waals surface area contributed by atoms with Gasteiger partial charge in [0.2, 0.25) is 0 Å². The van der Waals surface area contributed by atoms with E-state index in [0.29, 0.717) is 11.1 Å². The topological polar surface area (TPSA) is 66.4 Å². The Morgan fingerprint density at radius 3 is 2.14 bits per heavy atom. The number of amides is 1. The fourth-order valence-corrected chi connectivity index (χ4v) is 1.91. The van der Waals surface area contributed by atoms with Gasteiger partial charge in [0.15, 0.2) is 0 Å². The molecule has 4 nitrogen and oxygen atoms in total. The second-order valence-electron chi connectivity index (χ2n) is 4.55. The number of rotatable bonds is 7. The average Bonchev–Trinajstić information content (AvgIpc) is 2.47. The quantitative estimate of drug-likeness (QED) is 0.596. The molecule has 0 spiro atoms. The van der Waals surface area contributed by atoms with Crippen LogP contribution < -0.4 is 5.32 Å². The Morgan fingerprint density at radius 2 is 1.76 bits per heavy atom. The van der Waals surface area contributed by atoms with Gasteiger partial charge in [-0.1, -0.05) is 18.1 Å². The fraction of sp³-hybridized carbons (Fsp3) is 0.176. The number of carbonyl (C=O) groups excluding carboxylic acids is 1. The van der Waals surface area contributed by atoms with Crippen LogP contribution in [0.5, 0.6) is 0 Å². The zero-order chi connectivity index (χ0) is 15.9. The maximum atomic E-state index is 12.2. The maximum Gasteiger partial charge on any atom is 0.330 e. The van der Waals surface area contributed by atoms with Crippen LogP contribution in [0.2, 0.25) is 0 Å². The van der Waals surface area contributed by atoms with Crippen molar-refractivity contribution in [3.05, 3.63) is 60.7 Å². The van der Waals surface area contributed by atoms with Crippen molar-refractivity contribution < 1.29 is 14.7 Å². The number of nitrogens with one attached hydrogen (secondary N) is 1. The van der Waals surface area contributed by atoms with Crippen LogP contribution in [0, 0.1) is 12.3 Å². The molecule has 0 aliphatic heterocycles. The highest BCUT2D eigenvalue weighted by molar-refractivity contribution is 5.98. The monoisotopic (exact) mass is 283 g/mol. The van der Waals surface area contributed by atoms with E-state index in [1.54, 1.807) is 24.3 Å². The second-order valence-corrected chi connectivity index (χ2v) is 4.55. The Morgan fingerprint density at radius 1 is 1.24 bits per heavy atom. The van der Waals surface area contributed by atoms with Crippen LogP contribution in [-0.4, -0.2) is 22.5 Å². The van der Waals surface area contributed by atoms with E-state index in [4.69, 9.17) is 6.42 Å². The molecule has 0 fully saturated rings. The van der Waals surface area contributed by atoms with Crippen molar-refractivity contribution in [1.29, 1.82) is 0 Å². The summed E-state index contributed by atoms with van der Waals surface area (Å²) in [5, 5.41) is 12.0. The molecule has 21 heavy (non-hydrogen) atoms. The molecule has 0 aromatic heterocycles. The normalized spacial score (nSPS) is 10.2. The van der Waals surface area contributed by atoms with E-state index >= 15 is 0 Å². The molecular weight excluding hydrogens is 266 g/mol. The first-order valence-corrected chi connectivity index (χ1v) is 6.33. The first kappa shape index (κ1) is 16.3. The minimum absolute atomic E-state index is 0.0997. The molecule has 4 heteroatoms. The molecule has 0 bridgehead atoms. The highest BCUT2D eigenvalue weighted by Crippen LogP contribution is 2.18. The van der Waals surface area contributed by atoms with Crippen molar-refractivity contribution in [2.24, 2.45) is 0 Å². The summed E-state index contributed by atoms with van der Waals surface area (Å²) in [7, 11) is 0. The predicted molar refractivity (Wildman–Crippen MR) is 81.8 cm³/mol. The number of carboxylic acid groups (broad SMARTS) is 1. The lowest BCUT2D eigenvalue weighted by Crippen LogP contribution is -2.54. The number of benzene rings is 1. The van der Waals surface area contributed by atoms with Gasteiger partial charge >= 0.3 is 5.97 Å². The van der Waals surface area contributed by atoms with Crippen molar-refractivity contribution in [1.82, 2.24) is 5.32 Å². The van der Waals surface area contributed by atoms with Gasteiger partial charge in [-0.3, -0.25) is 4.79 Å². The van der Waals surface area contributed by atoms with Gasteiger partial charge < -0.3 is 10.4 Å². The summed E-state index contributed by atoms with van der Waals surface area (Å²) in [5.74, 6) is 0.837. The Kier molecular flexibility index (Phi) is 5.50. The Balaban J connectivity index is 3.03. The third-order valence-corrected chi connectivity index (χ3v) is 3.06. The van der Waals surface area contributed by atoms with Gasteiger partial charge in [0.05, 0.1) is 0 Å². The van der Waals surface area contributed by atoms with Crippen LogP contribution in [0.4, 0.5) is 0 Å². The number of carbonyl (C=O) groups is 2. The molecule has 0 saturated carbocycles. The molecule has 0 aliphatic rings. The van der Waals surface area contributed by atoms with E-state index in [0.717, 1.165) is 0 Å². The number of hydrogen-bond acceptors (Lipinski definition) is 2. The summed E-state index contributed by atoms with van der Waals surface area (Å²) in [6, 6.07) is 6.36. The van der Waals surface area contributed by atoms with E-state index in [1.807, 2.05) is 0 Å². The molecule has 0 radical (unpaired) electrons. The number of aliphatic carboxylic acids is 1. The molecule has 1 aromatic carbocycles. The Labute approximate surface area is 124 Å². The van der Waals surface area contributed by atoms with Gasteiger partial charge in [0.1, 0.15) is 5.54 Å². The molecule has 108 valence electrons. The summed E-state index contributed by atoms with van der Waals surface area (Å²) < 4.78 is 0. The molecular formula is C17H17NO3. The van der Waals surface area contributed by atoms with Crippen LogP contribution in [-0.2, 0) is 4.79 Å². The standard InChI is InChI=1S/C17H17NO3/c1-4-11-17(12-5-2,16(20)21)18-15(19)14-9-7-13(6-3)8-10-14/h3-5,7-10H,1-2,11-12H2,(H,18,19)(H,20,21). The molecule has 2 N–H and O–H groups in total. The van der Waals surface area contributed by atoms with Gasteiger partial charge in [-0.15, -0.1) is 19.6 Å². The van der Waals surface area contributed by atoms with Gasteiger partial charge in [0, 0.05) is 11.1 Å². The lowest BCUT2D eigenvalue weighted by molar-refractivity contribution is -0.144. The smallest absolute Gasteiger partial charge is 0.330 e. The first-order chi connectivity index (χ1) is 9.99. The lowest BCUT2D eigenvalue weighted by atomic mass is 9.90. The molecule has 1 aromatic rings. The largest absolute Gasteiger partial charge is 0.479 e. The van der Waals surface area contributed by atoms with Crippen LogP contribution in [0.3, 0.4) is 0 Å².